The second-order valence-corrected chi connectivity index (χ2v) is 4.62. The van der Waals surface area contributed by atoms with Crippen molar-refractivity contribution in [2.45, 2.75) is 25.4 Å². The van der Waals surface area contributed by atoms with E-state index in [0.717, 1.165) is 25.0 Å². The van der Waals surface area contributed by atoms with E-state index in [9.17, 15) is 0 Å². The molecule has 84 valence electrons. The van der Waals surface area contributed by atoms with Gasteiger partial charge in [0.15, 0.2) is 5.96 Å². The minimum absolute atomic E-state index is 0.596. The van der Waals surface area contributed by atoms with Gasteiger partial charge in [0.25, 0.3) is 0 Å². The van der Waals surface area contributed by atoms with Gasteiger partial charge in [-0.25, -0.2) is 0 Å². The predicted octanol–water partition coefficient (Wildman–Crippen LogP) is 1.51. The molecule has 0 aromatic heterocycles. The van der Waals surface area contributed by atoms with Crippen LogP contribution in [0.1, 0.15) is 18.4 Å². The molecule has 0 saturated heterocycles. The van der Waals surface area contributed by atoms with Crippen LogP contribution >= 0.6 is 0 Å². The number of benzene rings is 1. The van der Waals surface area contributed by atoms with E-state index in [2.05, 4.69) is 39.9 Å². The summed E-state index contributed by atoms with van der Waals surface area (Å²) in [6.45, 7) is 1.80. The Morgan fingerprint density at radius 3 is 2.81 bits per heavy atom. The van der Waals surface area contributed by atoms with Crippen molar-refractivity contribution in [3.8, 4) is 0 Å². The average molecular weight is 215 g/mol. The number of hydrogen-bond acceptors (Lipinski definition) is 3. The minimum Gasteiger partial charge on any atom is -0.352 e. The second kappa shape index (κ2) is 4.16. The number of nitrogens with one attached hydrogen (secondary N) is 2. The summed E-state index contributed by atoms with van der Waals surface area (Å²) in [6.07, 6.45) is 2.75. The highest BCUT2D eigenvalue weighted by Gasteiger charge is 2.33. The van der Waals surface area contributed by atoms with Crippen LogP contribution in [0.4, 0.5) is 0 Å². The van der Waals surface area contributed by atoms with Crippen LogP contribution in [0, 0.1) is 5.92 Å². The standard InChI is InChI=1S/C13H17N3/c1-2-4-10(5-3-1)8-14-13-15-9-12(16-13)11-6-7-11/h1-5,11-12H,6-9H2,(H2,14,15,16). The zero-order valence-corrected chi connectivity index (χ0v) is 9.32. The summed E-state index contributed by atoms with van der Waals surface area (Å²) in [4.78, 5) is 4.49. The van der Waals surface area contributed by atoms with E-state index in [4.69, 9.17) is 0 Å². The predicted molar refractivity (Wildman–Crippen MR) is 65.2 cm³/mol. The van der Waals surface area contributed by atoms with Crippen molar-refractivity contribution in [2.75, 3.05) is 6.54 Å². The van der Waals surface area contributed by atoms with E-state index in [1.54, 1.807) is 0 Å². The Kier molecular flexibility index (Phi) is 2.52. The van der Waals surface area contributed by atoms with Crippen LogP contribution < -0.4 is 10.6 Å². The first kappa shape index (κ1) is 9.70. The lowest BCUT2D eigenvalue weighted by Gasteiger charge is -2.11. The lowest BCUT2D eigenvalue weighted by atomic mass is 10.2. The van der Waals surface area contributed by atoms with Gasteiger partial charge in [-0.3, -0.25) is 4.99 Å². The zero-order valence-electron chi connectivity index (χ0n) is 9.32. The highest BCUT2D eigenvalue weighted by Crippen LogP contribution is 2.33. The molecule has 2 aliphatic rings. The molecule has 1 fully saturated rings. The van der Waals surface area contributed by atoms with Gasteiger partial charge in [0.2, 0.25) is 0 Å². The lowest BCUT2D eigenvalue weighted by molar-refractivity contribution is 0.577. The van der Waals surface area contributed by atoms with Crippen molar-refractivity contribution in [3.63, 3.8) is 0 Å². The van der Waals surface area contributed by atoms with Gasteiger partial charge in [0.1, 0.15) is 0 Å². The van der Waals surface area contributed by atoms with Gasteiger partial charge in [-0.05, 0) is 24.3 Å². The van der Waals surface area contributed by atoms with Gasteiger partial charge in [0.05, 0.1) is 12.6 Å². The average Bonchev–Trinajstić information content (AvgIpc) is 3.08. The Hall–Kier alpha value is -1.51. The third-order valence-electron chi connectivity index (χ3n) is 3.26. The van der Waals surface area contributed by atoms with Crippen molar-refractivity contribution in [1.82, 2.24) is 10.6 Å². The molecule has 3 heteroatoms. The summed E-state index contributed by atoms with van der Waals surface area (Å²) in [5.74, 6) is 1.85. The normalized spacial score (nSPS) is 23.8. The molecule has 1 saturated carbocycles. The van der Waals surface area contributed by atoms with Crippen LogP contribution in [0.15, 0.2) is 35.3 Å². The quantitative estimate of drug-likeness (QED) is 0.802. The minimum atomic E-state index is 0.596. The Morgan fingerprint density at radius 1 is 1.25 bits per heavy atom. The summed E-state index contributed by atoms with van der Waals surface area (Å²) in [7, 11) is 0. The molecule has 0 spiro atoms. The van der Waals surface area contributed by atoms with Crippen LogP contribution in [0.5, 0.6) is 0 Å². The SMILES string of the molecule is c1ccc(CNC2=NCC(C3CC3)N2)cc1. The highest BCUT2D eigenvalue weighted by molar-refractivity contribution is 5.81. The maximum atomic E-state index is 4.49. The zero-order chi connectivity index (χ0) is 10.8. The first-order valence-electron chi connectivity index (χ1n) is 6.00. The molecule has 1 aromatic carbocycles. The van der Waals surface area contributed by atoms with Crippen molar-refractivity contribution in [3.05, 3.63) is 35.9 Å². The molecular weight excluding hydrogens is 198 g/mol. The van der Waals surface area contributed by atoms with Crippen LogP contribution in [-0.2, 0) is 6.54 Å². The number of aliphatic imine (C=N–C) groups is 1. The van der Waals surface area contributed by atoms with Gasteiger partial charge < -0.3 is 10.6 Å². The summed E-state index contributed by atoms with van der Waals surface area (Å²) in [5, 5.41) is 6.81. The Bertz CT molecular complexity index is 381. The second-order valence-electron chi connectivity index (χ2n) is 4.62. The van der Waals surface area contributed by atoms with E-state index in [-0.39, 0.29) is 0 Å². The monoisotopic (exact) mass is 215 g/mol. The van der Waals surface area contributed by atoms with Crippen LogP contribution in [-0.4, -0.2) is 18.5 Å². The number of hydrogen-bond donors (Lipinski definition) is 2. The Morgan fingerprint density at radius 2 is 2.06 bits per heavy atom. The maximum absolute atomic E-state index is 4.49. The van der Waals surface area contributed by atoms with Gasteiger partial charge >= 0.3 is 0 Å². The molecular formula is C13H17N3. The molecule has 2 N–H and O–H groups in total. The molecule has 1 unspecified atom stereocenters. The number of rotatable bonds is 3. The fraction of sp³-hybridized carbons (Fsp3) is 0.462. The fourth-order valence-electron chi connectivity index (χ4n) is 2.11. The topological polar surface area (TPSA) is 36.4 Å². The fourth-order valence-corrected chi connectivity index (χ4v) is 2.11. The molecule has 1 aliphatic carbocycles. The van der Waals surface area contributed by atoms with Crippen molar-refractivity contribution in [1.29, 1.82) is 0 Å². The van der Waals surface area contributed by atoms with Crippen molar-refractivity contribution < 1.29 is 0 Å². The highest BCUT2D eigenvalue weighted by atomic mass is 15.2. The molecule has 0 amide bonds. The van der Waals surface area contributed by atoms with E-state index >= 15 is 0 Å². The Balaban J connectivity index is 1.49. The smallest absolute Gasteiger partial charge is 0.191 e. The summed E-state index contributed by atoms with van der Waals surface area (Å²) < 4.78 is 0. The van der Waals surface area contributed by atoms with Gasteiger partial charge in [-0.2, -0.15) is 0 Å². The van der Waals surface area contributed by atoms with Crippen LogP contribution in [0.2, 0.25) is 0 Å². The third-order valence-corrected chi connectivity index (χ3v) is 3.26. The molecule has 3 rings (SSSR count). The molecule has 1 atom stereocenters. The maximum Gasteiger partial charge on any atom is 0.191 e. The van der Waals surface area contributed by atoms with Gasteiger partial charge in [-0.1, -0.05) is 30.3 Å². The van der Waals surface area contributed by atoms with E-state index in [0.29, 0.717) is 6.04 Å². The van der Waals surface area contributed by atoms with Crippen LogP contribution in [0.25, 0.3) is 0 Å². The number of guanidine groups is 1. The van der Waals surface area contributed by atoms with Crippen molar-refractivity contribution >= 4 is 5.96 Å². The van der Waals surface area contributed by atoms with E-state index in [1.807, 2.05) is 6.07 Å². The van der Waals surface area contributed by atoms with Crippen molar-refractivity contribution in [2.24, 2.45) is 10.9 Å². The lowest BCUT2D eigenvalue weighted by Crippen LogP contribution is -2.39. The van der Waals surface area contributed by atoms with Gasteiger partial charge in [-0.15, -0.1) is 0 Å². The first-order valence-corrected chi connectivity index (χ1v) is 6.00. The van der Waals surface area contributed by atoms with Crippen LogP contribution in [0.3, 0.4) is 0 Å². The molecule has 1 heterocycles. The molecule has 3 nitrogen and oxygen atoms in total. The molecule has 0 radical (unpaired) electrons. The first-order chi connectivity index (χ1) is 7.92. The molecule has 1 aliphatic heterocycles. The molecule has 16 heavy (non-hydrogen) atoms. The summed E-state index contributed by atoms with van der Waals surface area (Å²) >= 11 is 0. The van der Waals surface area contributed by atoms with Gasteiger partial charge in [0, 0.05) is 6.54 Å². The Labute approximate surface area is 96.0 Å². The largest absolute Gasteiger partial charge is 0.352 e. The molecule has 1 aromatic rings. The van der Waals surface area contributed by atoms with E-state index in [1.165, 1.54) is 18.4 Å². The summed E-state index contributed by atoms with van der Waals surface area (Å²) in [6, 6.07) is 11.0. The molecule has 0 bridgehead atoms. The third kappa shape index (κ3) is 2.18. The summed E-state index contributed by atoms with van der Waals surface area (Å²) in [5.41, 5.74) is 1.29. The van der Waals surface area contributed by atoms with E-state index < -0.39 is 0 Å². The number of nitrogens with zero attached hydrogens (tertiary/aromatic N) is 1.